The number of nitrogens with zero attached hydrogens (tertiary/aromatic N) is 1. The molecule has 3 nitrogen and oxygen atoms in total. The molecule has 0 radical (unpaired) electrons. The van der Waals surface area contributed by atoms with Gasteiger partial charge in [-0.25, -0.2) is 0 Å². The molecule has 112 valence electrons. The molecule has 1 aromatic rings. The van der Waals surface area contributed by atoms with E-state index in [9.17, 15) is 4.79 Å². The average Bonchev–Trinajstić information content (AvgIpc) is 2.46. The average molecular weight is 284 g/mol. The Labute approximate surface area is 126 Å². The first-order valence-electron chi connectivity index (χ1n) is 8.35. The van der Waals surface area contributed by atoms with Crippen molar-refractivity contribution in [2.45, 2.75) is 51.5 Å². The first kappa shape index (κ1) is 13.3. The van der Waals surface area contributed by atoms with Gasteiger partial charge in [0.1, 0.15) is 0 Å². The molecule has 1 amide bonds. The van der Waals surface area contributed by atoms with Crippen molar-refractivity contribution in [1.82, 2.24) is 10.3 Å². The first-order chi connectivity index (χ1) is 10.1. The lowest BCUT2D eigenvalue weighted by atomic mass is 9.48. The minimum Gasteiger partial charge on any atom is -0.349 e. The van der Waals surface area contributed by atoms with Crippen LogP contribution in [-0.4, -0.2) is 16.9 Å². The number of carbonyl (C=O) groups is 1. The molecule has 3 heteroatoms. The first-order valence-corrected chi connectivity index (χ1v) is 8.35. The van der Waals surface area contributed by atoms with Crippen LogP contribution in [0.1, 0.15) is 55.8 Å². The number of amides is 1. The van der Waals surface area contributed by atoms with Crippen molar-refractivity contribution in [3.63, 3.8) is 0 Å². The fraction of sp³-hybridized carbons (Fsp3) is 0.667. The maximum atomic E-state index is 12.4. The third kappa shape index (κ3) is 2.27. The van der Waals surface area contributed by atoms with Crippen molar-refractivity contribution in [3.05, 3.63) is 30.1 Å². The Hall–Kier alpha value is -1.38. The van der Waals surface area contributed by atoms with E-state index in [-0.39, 0.29) is 11.9 Å². The zero-order valence-electron chi connectivity index (χ0n) is 12.7. The topological polar surface area (TPSA) is 42.0 Å². The highest BCUT2D eigenvalue weighted by atomic mass is 16.1. The molecule has 21 heavy (non-hydrogen) atoms. The molecular weight excluding hydrogens is 260 g/mol. The summed E-state index contributed by atoms with van der Waals surface area (Å²) in [7, 11) is 0. The van der Waals surface area contributed by atoms with E-state index in [1.54, 1.807) is 24.5 Å². The van der Waals surface area contributed by atoms with Gasteiger partial charge in [-0.3, -0.25) is 9.78 Å². The van der Waals surface area contributed by atoms with E-state index in [0.29, 0.717) is 5.41 Å². The number of hydrogen-bond donors (Lipinski definition) is 1. The van der Waals surface area contributed by atoms with Gasteiger partial charge in [-0.05, 0) is 80.8 Å². The van der Waals surface area contributed by atoms with E-state index in [0.717, 1.165) is 23.3 Å². The smallest absolute Gasteiger partial charge is 0.251 e. The van der Waals surface area contributed by atoms with Crippen LogP contribution in [0.25, 0.3) is 0 Å². The molecule has 1 atom stereocenters. The van der Waals surface area contributed by atoms with Crippen LogP contribution in [0.5, 0.6) is 0 Å². The molecule has 1 aromatic heterocycles. The van der Waals surface area contributed by atoms with Crippen LogP contribution in [0.2, 0.25) is 0 Å². The molecule has 0 unspecified atom stereocenters. The lowest BCUT2D eigenvalue weighted by molar-refractivity contribution is -0.0688. The van der Waals surface area contributed by atoms with Gasteiger partial charge in [0.25, 0.3) is 5.91 Å². The van der Waals surface area contributed by atoms with Crippen LogP contribution in [0, 0.1) is 23.2 Å². The summed E-state index contributed by atoms with van der Waals surface area (Å²) in [6.45, 7) is 2.23. The summed E-state index contributed by atoms with van der Waals surface area (Å²) in [5.41, 5.74) is 1.10. The molecule has 4 aliphatic rings. The van der Waals surface area contributed by atoms with Gasteiger partial charge in [0.15, 0.2) is 0 Å². The van der Waals surface area contributed by atoms with E-state index in [2.05, 4.69) is 17.2 Å². The number of nitrogens with one attached hydrogen (secondary N) is 1. The number of hydrogen-bond acceptors (Lipinski definition) is 2. The maximum Gasteiger partial charge on any atom is 0.251 e. The summed E-state index contributed by atoms with van der Waals surface area (Å²) in [6.07, 6.45) is 11.7. The number of carbonyl (C=O) groups excluding carboxylic acids is 1. The van der Waals surface area contributed by atoms with Crippen LogP contribution in [0.15, 0.2) is 24.5 Å². The zero-order chi connectivity index (χ0) is 14.4. The number of pyridine rings is 1. The third-order valence-corrected chi connectivity index (χ3v) is 6.29. The van der Waals surface area contributed by atoms with Crippen LogP contribution in [-0.2, 0) is 0 Å². The monoisotopic (exact) mass is 284 g/mol. The second kappa shape index (κ2) is 4.82. The molecule has 5 rings (SSSR count). The lowest BCUT2D eigenvalue weighted by Gasteiger charge is -2.59. The van der Waals surface area contributed by atoms with Crippen LogP contribution in [0.3, 0.4) is 0 Å². The van der Waals surface area contributed by atoms with E-state index in [4.69, 9.17) is 0 Å². The Kier molecular flexibility index (Phi) is 3.05. The highest BCUT2D eigenvalue weighted by Crippen LogP contribution is 2.61. The number of rotatable bonds is 3. The molecule has 0 aliphatic heterocycles. The molecule has 1 heterocycles. The van der Waals surface area contributed by atoms with Gasteiger partial charge in [0.2, 0.25) is 0 Å². The van der Waals surface area contributed by atoms with Gasteiger partial charge in [0.05, 0.1) is 0 Å². The van der Waals surface area contributed by atoms with Gasteiger partial charge >= 0.3 is 0 Å². The Morgan fingerprint density at radius 1 is 1.14 bits per heavy atom. The Morgan fingerprint density at radius 2 is 1.67 bits per heavy atom. The summed E-state index contributed by atoms with van der Waals surface area (Å²) >= 11 is 0. The highest BCUT2D eigenvalue weighted by molar-refractivity contribution is 5.94. The summed E-state index contributed by atoms with van der Waals surface area (Å²) in [5.74, 6) is 2.84. The van der Waals surface area contributed by atoms with Gasteiger partial charge in [-0.15, -0.1) is 0 Å². The van der Waals surface area contributed by atoms with Crippen molar-refractivity contribution in [2.75, 3.05) is 0 Å². The molecule has 4 saturated carbocycles. The molecule has 4 aliphatic carbocycles. The van der Waals surface area contributed by atoms with E-state index in [1.807, 2.05) is 0 Å². The van der Waals surface area contributed by atoms with Crippen LogP contribution >= 0.6 is 0 Å². The van der Waals surface area contributed by atoms with E-state index in [1.165, 1.54) is 38.5 Å². The Balaban J connectivity index is 1.50. The lowest BCUT2D eigenvalue weighted by Crippen LogP contribution is -2.55. The molecule has 4 bridgehead atoms. The molecule has 4 fully saturated rings. The summed E-state index contributed by atoms with van der Waals surface area (Å²) in [4.78, 5) is 16.4. The van der Waals surface area contributed by atoms with E-state index < -0.39 is 0 Å². The van der Waals surface area contributed by atoms with Gasteiger partial charge in [-0.2, -0.15) is 0 Å². The standard InChI is InChI=1S/C18H24N2O/c1-12(20-17(21)16-2-4-19-5-3-16)18-9-13-6-14(10-18)8-15(7-13)11-18/h2-5,12-15H,6-11H2,1H3,(H,20,21)/t12-,13?,14?,15?,18?/m1/s1. The fourth-order valence-corrected chi connectivity index (χ4v) is 5.64. The summed E-state index contributed by atoms with van der Waals surface area (Å²) in [5, 5.41) is 3.29. The van der Waals surface area contributed by atoms with Crippen molar-refractivity contribution < 1.29 is 4.79 Å². The van der Waals surface area contributed by atoms with E-state index >= 15 is 0 Å². The van der Waals surface area contributed by atoms with Crippen molar-refractivity contribution in [1.29, 1.82) is 0 Å². The molecule has 0 saturated heterocycles. The van der Waals surface area contributed by atoms with Crippen LogP contribution < -0.4 is 5.32 Å². The highest BCUT2D eigenvalue weighted by Gasteiger charge is 2.53. The fourth-order valence-electron chi connectivity index (χ4n) is 5.64. The minimum absolute atomic E-state index is 0.0562. The maximum absolute atomic E-state index is 12.4. The summed E-state index contributed by atoms with van der Waals surface area (Å²) < 4.78 is 0. The molecule has 1 N–H and O–H groups in total. The number of aromatic nitrogens is 1. The predicted molar refractivity (Wildman–Crippen MR) is 81.8 cm³/mol. The second-order valence-electron chi connectivity index (χ2n) is 7.71. The molecular formula is C18H24N2O. The predicted octanol–water partition coefficient (Wildman–Crippen LogP) is 3.42. The Bertz CT molecular complexity index is 504. The minimum atomic E-state index is 0.0562. The molecule has 0 aromatic carbocycles. The SMILES string of the molecule is C[C@@H](NC(=O)c1ccncc1)C12CC3CC(CC(C3)C1)C2. The largest absolute Gasteiger partial charge is 0.349 e. The zero-order valence-corrected chi connectivity index (χ0v) is 12.7. The second-order valence-corrected chi connectivity index (χ2v) is 7.71. The van der Waals surface area contributed by atoms with Gasteiger partial charge in [0, 0.05) is 24.0 Å². The summed E-state index contributed by atoms with van der Waals surface area (Å²) in [6, 6.07) is 3.87. The molecule has 0 spiro atoms. The van der Waals surface area contributed by atoms with Crippen molar-refractivity contribution in [2.24, 2.45) is 23.2 Å². The van der Waals surface area contributed by atoms with Gasteiger partial charge < -0.3 is 5.32 Å². The van der Waals surface area contributed by atoms with Crippen molar-refractivity contribution in [3.8, 4) is 0 Å². The third-order valence-electron chi connectivity index (χ3n) is 6.29. The van der Waals surface area contributed by atoms with Crippen molar-refractivity contribution >= 4 is 5.91 Å². The Morgan fingerprint density at radius 3 is 2.19 bits per heavy atom. The normalized spacial score (nSPS) is 38.2. The van der Waals surface area contributed by atoms with Gasteiger partial charge in [-0.1, -0.05) is 0 Å². The quantitative estimate of drug-likeness (QED) is 0.924. The van der Waals surface area contributed by atoms with Crippen LogP contribution in [0.4, 0.5) is 0 Å².